The Morgan fingerprint density at radius 2 is 2.16 bits per heavy atom. The molecule has 0 spiro atoms. The van der Waals surface area contributed by atoms with E-state index in [1.165, 1.54) is 0 Å². The minimum absolute atomic E-state index is 0.192. The molecule has 0 saturated carbocycles. The maximum Gasteiger partial charge on any atom is 0.303 e. The topological polar surface area (TPSA) is 67.8 Å². The van der Waals surface area contributed by atoms with Gasteiger partial charge in [-0.2, -0.15) is 0 Å². The van der Waals surface area contributed by atoms with Crippen molar-refractivity contribution in [3.8, 4) is 11.5 Å². The largest absolute Gasteiger partial charge is 0.486 e. The highest BCUT2D eigenvalue weighted by Gasteiger charge is 2.16. The van der Waals surface area contributed by atoms with Crippen LogP contribution < -0.4 is 14.8 Å². The highest BCUT2D eigenvalue weighted by atomic mass is 79.9. The lowest BCUT2D eigenvalue weighted by Crippen LogP contribution is -2.18. The number of carboxylic acid groups (broad SMARTS) is 1. The predicted molar refractivity (Wildman–Crippen MR) is 73.7 cm³/mol. The third kappa shape index (κ3) is 4.11. The van der Waals surface area contributed by atoms with Crippen molar-refractivity contribution < 1.29 is 19.4 Å². The molecule has 0 aromatic heterocycles. The second-order valence-electron chi connectivity index (χ2n) is 4.28. The molecule has 1 aromatic carbocycles. The summed E-state index contributed by atoms with van der Waals surface area (Å²) in [5.41, 5.74) is 1.08. The monoisotopic (exact) mass is 329 g/mol. The van der Waals surface area contributed by atoms with Gasteiger partial charge in [-0.15, -0.1) is 0 Å². The summed E-state index contributed by atoms with van der Waals surface area (Å²) >= 11 is 3.46. The zero-order chi connectivity index (χ0) is 13.7. The molecular formula is C13H16BrNO4. The van der Waals surface area contributed by atoms with Gasteiger partial charge in [-0.05, 0) is 46.6 Å². The Balaban J connectivity index is 1.87. The van der Waals surface area contributed by atoms with Gasteiger partial charge in [0.05, 0.1) is 4.47 Å². The summed E-state index contributed by atoms with van der Waals surface area (Å²) in [4.78, 5) is 10.4. The molecule has 0 unspecified atom stereocenters. The summed E-state index contributed by atoms with van der Waals surface area (Å²) in [6, 6.07) is 3.93. The molecule has 0 amide bonds. The van der Waals surface area contributed by atoms with Gasteiger partial charge in [0.1, 0.15) is 13.2 Å². The van der Waals surface area contributed by atoms with E-state index in [2.05, 4.69) is 21.2 Å². The van der Waals surface area contributed by atoms with E-state index >= 15 is 0 Å². The highest BCUT2D eigenvalue weighted by Crippen LogP contribution is 2.38. The molecule has 0 aliphatic carbocycles. The maximum absolute atomic E-state index is 10.4. The molecule has 0 fully saturated rings. The van der Waals surface area contributed by atoms with Gasteiger partial charge in [0.15, 0.2) is 11.5 Å². The number of ether oxygens (including phenoxy) is 2. The van der Waals surface area contributed by atoms with Crippen LogP contribution in [0.4, 0.5) is 0 Å². The fourth-order valence-corrected chi connectivity index (χ4v) is 2.47. The van der Waals surface area contributed by atoms with E-state index in [9.17, 15) is 4.79 Å². The Bertz CT molecular complexity index is 464. The van der Waals surface area contributed by atoms with Gasteiger partial charge in [-0.3, -0.25) is 4.79 Å². The van der Waals surface area contributed by atoms with Gasteiger partial charge < -0.3 is 19.9 Å². The van der Waals surface area contributed by atoms with Gasteiger partial charge in [0.2, 0.25) is 0 Å². The summed E-state index contributed by atoms with van der Waals surface area (Å²) in [7, 11) is 0. The van der Waals surface area contributed by atoms with Crippen molar-refractivity contribution >= 4 is 21.9 Å². The average molecular weight is 330 g/mol. The van der Waals surface area contributed by atoms with Gasteiger partial charge in [0.25, 0.3) is 0 Å². The Morgan fingerprint density at radius 3 is 2.95 bits per heavy atom. The SMILES string of the molecule is O=C(O)CCCNCc1cc(Br)c2c(c1)OCCO2. The lowest BCUT2D eigenvalue weighted by Gasteiger charge is -2.20. The Morgan fingerprint density at radius 1 is 1.37 bits per heavy atom. The second-order valence-corrected chi connectivity index (χ2v) is 5.13. The smallest absolute Gasteiger partial charge is 0.303 e. The second kappa shape index (κ2) is 6.77. The van der Waals surface area contributed by atoms with Crippen LogP contribution in [0.25, 0.3) is 0 Å². The van der Waals surface area contributed by atoms with Crippen molar-refractivity contribution in [2.45, 2.75) is 19.4 Å². The van der Waals surface area contributed by atoms with Crippen molar-refractivity contribution in [2.24, 2.45) is 0 Å². The van der Waals surface area contributed by atoms with Crippen molar-refractivity contribution in [1.82, 2.24) is 5.32 Å². The first kappa shape index (κ1) is 14.1. The molecule has 6 heteroatoms. The zero-order valence-electron chi connectivity index (χ0n) is 10.4. The first-order valence-corrected chi connectivity index (χ1v) is 6.96. The number of hydrogen-bond donors (Lipinski definition) is 2. The summed E-state index contributed by atoms with van der Waals surface area (Å²) < 4.78 is 11.9. The quantitative estimate of drug-likeness (QED) is 0.783. The fraction of sp³-hybridized carbons (Fsp3) is 0.462. The predicted octanol–water partition coefficient (Wildman–Crippen LogP) is 2.17. The van der Waals surface area contributed by atoms with Crippen molar-refractivity contribution in [3.63, 3.8) is 0 Å². The van der Waals surface area contributed by atoms with Crippen LogP contribution in [-0.4, -0.2) is 30.8 Å². The number of carbonyl (C=O) groups is 1. The van der Waals surface area contributed by atoms with E-state index in [1.54, 1.807) is 0 Å². The lowest BCUT2D eigenvalue weighted by molar-refractivity contribution is -0.137. The molecule has 19 heavy (non-hydrogen) atoms. The van der Waals surface area contributed by atoms with Crippen LogP contribution in [0, 0.1) is 0 Å². The molecule has 2 N–H and O–H groups in total. The molecule has 0 radical (unpaired) electrons. The Labute approximate surface area is 120 Å². The van der Waals surface area contributed by atoms with E-state index in [4.69, 9.17) is 14.6 Å². The highest BCUT2D eigenvalue weighted by molar-refractivity contribution is 9.10. The number of nitrogens with one attached hydrogen (secondary N) is 1. The number of aliphatic carboxylic acids is 1. The summed E-state index contributed by atoms with van der Waals surface area (Å²) in [5, 5.41) is 11.7. The van der Waals surface area contributed by atoms with E-state index in [-0.39, 0.29) is 6.42 Å². The molecular weight excluding hydrogens is 314 g/mol. The molecule has 1 aromatic rings. The average Bonchev–Trinajstić information content (AvgIpc) is 2.38. The van der Waals surface area contributed by atoms with E-state index < -0.39 is 5.97 Å². The van der Waals surface area contributed by atoms with Crippen LogP contribution in [0.5, 0.6) is 11.5 Å². The number of hydrogen-bond acceptors (Lipinski definition) is 4. The molecule has 1 heterocycles. The van der Waals surface area contributed by atoms with Crippen LogP contribution in [0.1, 0.15) is 18.4 Å². The normalized spacial score (nSPS) is 13.3. The standard InChI is InChI=1S/C13H16BrNO4/c14-10-6-9(8-15-3-1-2-12(16)17)7-11-13(10)19-5-4-18-11/h6-7,15H,1-5,8H2,(H,16,17). The van der Waals surface area contributed by atoms with Crippen molar-refractivity contribution in [3.05, 3.63) is 22.2 Å². The zero-order valence-corrected chi connectivity index (χ0v) is 12.0. The Kier molecular flexibility index (Phi) is 5.04. The van der Waals surface area contributed by atoms with Gasteiger partial charge >= 0.3 is 5.97 Å². The van der Waals surface area contributed by atoms with Crippen LogP contribution >= 0.6 is 15.9 Å². The molecule has 1 aliphatic rings. The molecule has 0 atom stereocenters. The maximum atomic E-state index is 10.4. The Hall–Kier alpha value is -1.27. The number of halogens is 1. The minimum atomic E-state index is -0.760. The number of fused-ring (bicyclic) bond motifs is 1. The molecule has 0 bridgehead atoms. The van der Waals surface area contributed by atoms with Crippen molar-refractivity contribution in [2.75, 3.05) is 19.8 Å². The molecule has 1 aliphatic heterocycles. The van der Waals surface area contributed by atoms with Crippen molar-refractivity contribution in [1.29, 1.82) is 0 Å². The van der Waals surface area contributed by atoms with Crippen LogP contribution in [0.2, 0.25) is 0 Å². The molecule has 0 saturated heterocycles. The lowest BCUT2D eigenvalue weighted by atomic mass is 10.2. The minimum Gasteiger partial charge on any atom is -0.486 e. The fourth-order valence-electron chi connectivity index (χ4n) is 1.86. The molecule has 5 nitrogen and oxygen atoms in total. The van der Waals surface area contributed by atoms with E-state index in [0.29, 0.717) is 32.7 Å². The van der Waals surface area contributed by atoms with Crippen LogP contribution in [-0.2, 0) is 11.3 Å². The van der Waals surface area contributed by atoms with Crippen LogP contribution in [0.15, 0.2) is 16.6 Å². The van der Waals surface area contributed by atoms with Crippen LogP contribution in [0.3, 0.4) is 0 Å². The van der Waals surface area contributed by atoms with Gasteiger partial charge in [-0.25, -0.2) is 0 Å². The van der Waals surface area contributed by atoms with Gasteiger partial charge in [-0.1, -0.05) is 0 Å². The third-order valence-electron chi connectivity index (χ3n) is 2.73. The number of carboxylic acids is 1. The number of rotatable bonds is 6. The number of benzene rings is 1. The van der Waals surface area contributed by atoms with Gasteiger partial charge in [0, 0.05) is 13.0 Å². The molecule has 2 rings (SSSR count). The first-order valence-electron chi connectivity index (χ1n) is 6.17. The summed E-state index contributed by atoms with van der Waals surface area (Å²) in [5.74, 6) is 0.743. The molecule has 104 valence electrons. The third-order valence-corrected chi connectivity index (χ3v) is 3.32. The summed E-state index contributed by atoms with van der Waals surface area (Å²) in [6.45, 7) is 2.49. The first-order chi connectivity index (χ1) is 9.16. The summed E-state index contributed by atoms with van der Waals surface area (Å²) in [6.07, 6.45) is 0.818. The van der Waals surface area contributed by atoms with E-state index in [0.717, 1.165) is 21.5 Å². The van der Waals surface area contributed by atoms with E-state index in [1.807, 2.05) is 12.1 Å².